The molecule has 1 amide bonds. The topological polar surface area (TPSA) is 113 Å². The minimum absolute atomic E-state index is 0.117. The van der Waals surface area contributed by atoms with E-state index >= 15 is 0 Å². The van der Waals surface area contributed by atoms with Crippen molar-refractivity contribution in [3.05, 3.63) is 71.8 Å². The summed E-state index contributed by atoms with van der Waals surface area (Å²) in [6, 6.07) is 13.4. The van der Waals surface area contributed by atoms with Crippen molar-refractivity contribution >= 4 is 17.7 Å². The largest absolute Gasteiger partial charge is 0.507 e. The normalized spacial score (nSPS) is 10.7. The van der Waals surface area contributed by atoms with Gasteiger partial charge in [-0.25, -0.2) is 4.79 Å². The van der Waals surface area contributed by atoms with E-state index in [1.807, 2.05) is 6.07 Å². The number of amides is 1. The summed E-state index contributed by atoms with van der Waals surface area (Å²) in [5.74, 6) is -1.44. The number of rotatable bonds is 12. The fourth-order valence-corrected chi connectivity index (χ4v) is 2.73. The molecule has 0 aromatic heterocycles. The first-order valence-corrected chi connectivity index (χ1v) is 9.72. The maximum atomic E-state index is 12.4. The minimum Gasteiger partial charge on any atom is -0.507 e. The van der Waals surface area contributed by atoms with Crippen LogP contribution in [0.1, 0.15) is 41.6 Å². The molecule has 0 fully saturated rings. The molecule has 7 nitrogen and oxygen atoms in total. The molecule has 0 spiro atoms. The monoisotopic (exact) mass is 411 g/mol. The van der Waals surface area contributed by atoms with Crippen LogP contribution in [0.15, 0.2) is 60.7 Å². The molecular formula is C23H25NO6. The summed E-state index contributed by atoms with van der Waals surface area (Å²) < 4.78 is 5.62. The Hall–Kier alpha value is -3.61. The van der Waals surface area contributed by atoms with Crippen LogP contribution in [0, 0.1) is 0 Å². The average molecular weight is 411 g/mol. The van der Waals surface area contributed by atoms with Gasteiger partial charge in [0.15, 0.2) is 5.78 Å². The summed E-state index contributed by atoms with van der Waals surface area (Å²) in [5, 5.41) is 21.2. The Morgan fingerprint density at radius 2 is 1.67 bits per heavy atom. The van der Waals surface area contributed by atoms with Crippen LogP contribution in [-0.2, 0) is 9.59 Å². The Kier molecular flexibility index (Phi) is 9.12. The Labute approximate surface area is 175 Å². The lowest BCUT2D eigenvalue weighted by Gasteiger charge is -2.09. The number of hydrogen-bond acceptors (Lipinski definition) is 5. The number of carbonyl (C=O) groups is 3. The van der Waals surface area contributed by atoms with E-state index in [2.05, 4.69) is 5.32 Å². The summed E-state index contributed by atoms with van der Waals surface area (Å²) in [6.45, 7) is 0.952. The van der Waals surface area contributed by atoms with Crippen LogP contribution in [0.3, 0.4) is 0 Å². The SMILES string of the molecule is O=C(O)/C=C\C(=O)NCCCCCCOc1ccc(C(=O)c2ccccc2)c(O)c1. The van der Waals surface area contributed by atoms with Crippen molar-refractivity contribution < 1.29 is 29.3 Å². The minimum atomic E-state index is -1.16. The number of carboxylic acid groups (broad SMARTS) is 1. The second-order valence-corrected chi connectivity index (χ2v) is 6.60. The Morgan fingerprint density at radius 1 is 0.933 bits per heavy atom. The van der Waals surface area contributed by atoms with Gasteiger partial charge in [0.25, 0.3) is 0 Å². The van der Waals surface area contributed by atoms with Crippen LogP contribution in [-0.4, -0.2) is 41.0 Å². The van der Waals surface area contributed by atoms with Crippen LogP contribution in [0.25, 0.3) is 0 Å². The van der Waals surface area contributed by atoms with Gasteiger partial charge in [-0.3, -0.25) is 9.59 Å². The highest BCUT2D eigenvalue weighted by Crippen LogP contribution is 2.26. The van der Waals surface area contributed by atoms with Crippen LogP contribution < -0.4 is 10.1 Å². The van der Waals surface area contributed by atoms with Crippen LogP contribution in [0.5, 0.6) is 11.5 Å². The standard InChI is InChI=1S/C23H25NO6/c25-20-16-18(10-11-19(20)23(29)17-8-4-3-5-9-17)30-15-7-2-1-6-14-24-21(26)12-13-22(27)28/h3-5,8-13,16,25H,1-2,6-7,14-15H2,(H,24,26)(H,27,28)/b13-12-. The molecule has 158 valence electrons. The number of unbranched alkanes of at least 4 members (excludes halogenated alkanes) is 3. The molecule has 0 aliphatic carbocycles. The zero-order valence-corrected chi connectivity index (χ0v) is 16.5. The lowest BCUT2D eigenvalue weighted by Crippen LogP contribution is -2.22. The predicted molar refractivity (Wildman–Crippen MR) is 112 cm³/mol. The molecule has 0 unspecified atom stereocenters. The molecule has 0 saturated heterocycles. The first-order chi connectivity index (χ1) is 14.5. The third-order valence-electron chi connectivity index (χ3n) is 4.27. The number of nitrogens with one attached hydrogen (secondary N) is 1. The summed E-state index contributed by atoms with van der Waals surface area (Å²) in [6.07, 6.45) is 5.17. The molecule has 7 heteroatoms. The number of aliphatic carboxylic acids is 1. The van der Waals surface area contributed by atoms with Crippen molar-refractivity contribution in [3.8, 4) is 11.5 Å². The van der Waals surface area contributed by atoms with Crippen molar-refractivity contribution in [2.75, 3.05) is 13.2 Å². The second-order valence-electron chi connectivity index (χ2n) is 6.60. The van der Waals surface area contributed by atoms with Crippen molar-refractivity contribution in [1.29, 1.82) is 0 Å². The highest BCUT2D eigenvalue weighted by Gasteiger charge is 2.14. The number of ketones is 1. The van der Waals surface area contributed by atoms with Gasteiger partial charge in [-0.2, -0.15) is 0 Å². The fraction of sp³-hybridized carbons (Fsp3) is 0.261. The zero-order chi connectivity index (χ0) is 21.8. The van der Waals surface area contributed by atoms with E-state index in [4.69, 9.17) is 9.84 Å². The number of aromatic hydroxyl groups is 1. The maximum Gasteiger partial charge on any atom is 0.328 e. The molecule has 2 rings (SSSR count). The third kappa shape index (κ3) is 7.79. The quantitative estimate of drug-likeness (QED) is 0.281. The van der Waals surface area contributed by atoms with E-state index in [-0.39, 0.29) is 17.1 Å². The predicted octanol–water partition coefficient (Wildman–Crippen LogP) is 3.32. The van der Waals surface area contributed by atoms with Gasteiger partial charge in [-0.05, 0) is 25.0 Å². The van der Waals surface area contributed by atoms with Gasteiger partial charge in [0, 0.05) is 30.3 Å². The molecule has 0 aliphatic rings. The fourth-order valence-electron chi connectivity index (χ4n) is 2.73. The van der Waals surface area contributed by atoms with Gasteiger partial charge in [0.05, 0.1) is 12.2 Å². The van der Waals surface area contributed by atoms with Gasteiger partial charge in [0.1, 0.15) is 11.5 Å². The Bertz CT molecular complexity index is 892. The van der Waals surface area contributed by atoms with Crippen molar-refractivity contribution in [2.45, 2.75) is 25.7 Å². The third-order valence-corrected chi connectivity index (χ3v) is 4.27. The second kappa shape index (κ2) is 12.1. The van der Waals surface area contributed by atoms with Gasteiger partial charge in [-0.1, -0.05) is 43.2 Å². The maximum absolute atomic E-state index is 12.4. The summed E-state index contributed by atoms with van der Waals surface area (Å²) in [7, 11) is 0. The van der Waals surface area contributed by atoms with Gasteiger partial charge >= 0.3 is 5.97 Å². The Balaban J connectivity index is 1.65. The highest BCUT2D eigenvalue weighted by atomic mass is 16.5. The molecule has 0 heterocycles. The number of carboxylic acids is 1. The summed E-state index contributed by atoms with van der Waals surface area (Å²) >= 11 is 0. The van der Waals surface area contributed by atoms with E-state index in [9.17, 15) is 19.5 Å². The number of carbonyl (C=O) groups excluding carboxylic acids is 2. The van der Waals surface area contributed by atoms with Crippen LogP contribution >= 0.6 is 0 Å². The van der Waals surface area contributed by atoms with Crippen molar-refractivity contribution in [2.24, 2.45) is 0 Å². The van der Waals surface area contributed by atoms with E-state index in [0.717, 1.165) is 37.8 Å². The number of benzene rings is 2. The van der Waals surface area contributed by atoms with Crippen LogP contribution in [0.4, 0.5) is 0 Å². The van der Waals surface area contributed by atoms with E-state index in [0.29, 0.717) is 24.5 Å². The summed E-state index contributed by atoms with van der Waals surface area (Å²) in [5.41, 5.74) is 0.740. The average Bonchev–Trinajstić information content (AvgIpc) is 2.74. The molecule has 0 saturated carbocycles. The molecule has 30 heavy (non-hydrogen) atoms. The van der Waals surface area contributed by atoms with E-state index in [1.54, 1.807) is 36.4 Å². The number of ether oxygens (including phenoxy) is 1. The van der Waals surface area contributed by atoms with Gasteiger partial charge in [-0.15, -0.1) is 0 Å². The molecule has 2 aromatic carbocycles. The summed E-state index contributed by atoms with van der Waals surface area (Å²) in [4.78, 5) is 34.0. The molecule has 2 aromatic rings. The van der Waals surface area contributed by atoms with Crippen LogP contribution in [0.2, 0.25) is 0 Å². The molecular weight excluding hydrogens is 386 g/mol. The van der Waals surface area contributed by atoms with Gasteiger partial charge in [0.2, 0.25) is 5.91 Å². The molecule has 0 aliphatic heterocycles. The van der Waals surface area contributed by atoms with Gasteiger partial charge < -0.3 is 20.3 Å². The van der Waals surface area contributed by atoms with E-state index in [1.165, 1.54) is 6.07 Å². The lowest BCUT2D eigenvalue weighted by molar-refractivity contribution is -0.131. The first kappa shape index (κ1) is 22.7. The first-order valence-electron chi connectivity index (χ1n) is 9.72. The van der Waals surface area contributed by atoms with Crippen molar-refractivity contribution in [1.82, 2.24) is 5.32 Å². The number of phenolic OH excluding ortho intramolecular Hbond substituents is 1. The number of phenols is 1. The molecule has 0 bridgehead atoms. The van der Waals surface area contributed by atoms with Crippen molar-refractivity contribution in [3.63, 3.8) is 0 Å². The molecule has 0 atom stereocenters. The molecule has 3 N–H and O–H groups in total. The lowest BCUT2D eigenvalue weighted by atomic mass is 10.0. The Morgan fingerprint density at radius 3 is 2.37 bits per heavy atom. The number of hydrogen-bond donors (Lipinski definition) is 3. The molecule has 0 radical (unpaired) electrons. The van der Waals surface area contributed by atoms with E-state index < -0.39 is 11.9 Å². The highest BCUT2D eigenvalue weighted by molar-refractivity contribution is 6.10. The zero-order valence-electron chi connectivity index (χ0n) is 16.5. The smallest absolute Gasteiger partial charge is 0.328 e.